The van der Waals surface area contributed by atoms with E-state index in [0.717, 1.165) is 25.7 Å². The predicted molar refractivity (Wildman–Crippen MR) is 101 cm³/mol. The van der Waals surface area contributed by atoms with Crippen LogP contribution >= 0.6 is 0 Å². The van der Waals surface area contributed by atoms with E-state index in [1.54, 1.807) is 4.90 Å². The molecule has 3 aliphatic rings. The number of ether oxygens (including phenoxy) is 1. The van der Waals surface area contributed by atoms with Crippen molar-refractivity contribution in [2.75, 3.05) is 13.1 Å². The number of likely N-dealkylation sites (tertiary alicyclic amines) is 1. The average molecular weight is 366 g/mol. The van der Waals surface area contributed by atoms with Gasteiger partial charge < -0.3 is 19.4 Å². The minimum Gasteiger partial charge on any atom is -0.444 e. The lowest BCUT2D eigenvalue weighted by Gasteiger charge is -2.40. The Kier molecular flexibility index (Phi) is 5.40. The Labute approximate surface area is 157 Å². The van der Waals surface area contributed by atoms with E-state index >= 15 is 0 Å². The summed E-state index contributed by atoms with van der Waals surface area (Å²) < 4.78 is 5.49. The number of hydrogen-bond donors (Lipinski definition) is 0. The number of carbonyl (C=O) groups excluding carboxylic acids is 2. The van der Waals surface area contributed by atoms with E-state index in [1.807, 2.05) is 20.8 Å². The zero-order valence-electron chi connectivity index (χ0n) is 17.0. The maximum Gasteiger partial charge on any atom is 0.410 e. The second-order valence-corrected chi connectivity index (χ2v) is 9.31. The monoisotopic (exact) mass is 365 g/mol. The standard InChI is InChI=1S/C20H35N3O3/c1-14(2)22-16-8-6-7-9-17(16)23(18(22)24)15-10-12-21(13-11-15)19(25)26-20(3,4)5/h14-17H,6-13H2,1-5H3/t16-,17-/m0/s1. The minimum atomic E-state index is -0.466. The molecule has 0 unspecified atom stereocenters. The van der Waals surface area contributed by atoms with Gasteiger partial charge in [0.1, 0.15) is 5.60 Å². The average Bonchev–Trinajstić information content (AvgIpc) is 2.85. The van der Waals surface area contributed by atoms with Crippen molar-refractivity contribution in [1.82, 2.24) is 14.7 Å². The third-order valence-electron chi connectivity index (χ3n) is 5.92. The van der Waals surface area contributed by atoms with Crippen LogP contribution in [0.4, 0.5) is 9.59 Å². The van der Waals surface area contributed by atoms with Gasteiger partial charge in [0.25, 0.3) is 0 Å². The third-order valence-corrected chi connectivity index (χ3v) is 5.92. The number of piperidine rings is 1. The molecule has 2 atom stereocenters. The van der Waals surface area contributed by atoms with Crippen molar-refractivity contribution in [3.05, 3.63) is 0 Å². The Balaban J connectivity index is 1.65. The van der Waals surface area contributed by atoms with Crippen molar-refractivity contribution in [2.45, 2.75) is 103 Å². The Morgan fingerprint density at radius 2 is 1.62 bits per heavy atom. The van der Waals surface area contributed by atoms with Crippen LogP contribution in [0.1, 0.15) is 73.1 Å². The molecule has 0 aromatic carbocycles. The summed E-state index contributed by atoms with van der Waals surface area (Å²) in [7, 11) is 0. The summed E-state index contributed by atoms with van der Waals surface area (Å²) in [5.74, 6) is 0. The summed E-state index contributed by atoms with van der Waals surface area (Å²) in [5.41, 5.74) is -0.466. The van der Waals surface area contributed by atoms with Crippen molar-refractivity contribution in [3.8, 4) is 0 Å². The molecule has 0 N–H and O–H groups in total. The van der Waals surface area contributed by atoms with Crippen molar-refractivity contribution in [3.63, 3.8) is 0 Å². The zero-order chi connectivity index (χ0) is 19.1. The van der Waals surface area contributed by atoms with Crippen LogP contribution in [0.15, 0.2) is 0 Å². The molecular formula is C20H35N3O3. The van der Waals surface area contributed by atoms with Crippen LogP contribution < -0.4 is 0 Å². The van der Waals surface area contributed by atoms with E-state index in [-0.39, 0.29) is 24.2 Å². The van der Waals surface area contributed by atoms with Gasteiger partial charge in [-0.15, -0.1) is 0 Å². The van der Waals surface area contributed by atoms with Crippen LogP contribution in [0.3, 0.4) is 0 Å². The van der Waals surface area contributed by atoms with Crippen LogP contribution in [-0.2, 0) is 4.74 Å². The molecule has 2 aliphatic heterocycles. The van der Waals surface area contributed by atoms with Crippen LogP contribution in [0.25, 0.3) is 0 Å². The lowest BCUT2D eigenvalue weighted by molar-refractivity contribution is 0.0151. The number of nitrogens with zero attached hydrogens (tertiary/aromatic N) is 3. The highest BCUT2D eigenvalue weighted by Crippen LogP contribution is 2.38. The predicted octanol–water partition coefficient (Wildman–Crippen LogP) is 3.84. The number of hydrogen-bond acceptors (Lipinski definition) is 3. The van der Waals surface area contributed by atoms with Gasteiger partial charge >= 0.3 is 12.1 Å². The second-order valence-electron chi connectivity index (χ2n) is 9.31. The molecule has 1 saturated carbocycles. The molecule has 0 bridgehead atoms. The maximum absolute atomic E-state index is 13.2. The van der Waals surface area contributed by atoms with Crippen molar-refractivity contribution >= 4 is 12.1 Å². The molecule has 148 valence electrons. The molecule has 0 aromatic heterocycles. The number of amides is 3. The first-order valence-electron chi connectivity index (χ1n) is 10.3. The summed E-state index contributed by atoms with van der Waals surface area (Å²) in [6, 6.07) is 1.44. The van der Waals surface area contributed by atoms with Gasteiger partial charge in [0.15, 0.2) is 0 Å². The molecule has 6 heteroatoms. The molecule has 6 nitrogen and oxygen atoms in total. The van der Waals surface area contributed by atoms with Gasteiger partial charge in [0, 0.05) is 25.2 Å². The number of rotatable bonds is 2. The molecule has 0 aromatic rings. The quantitative estimate of drug-likeness (QED) is 0.747. The van der Waals surface area contributed by atoms with Crippen LogP contribution in [0.5, 0.6) is 0 Å². The van der Waals surface area contributed by atoms with Gasteiger partial charge in [-0.1, -0.05) is 12.8 Å². The SMILES string of the molecule is CC(C)N1C(=O)N(C2CCN(C(=O)OC(C)(C)C)CC2)[C@H]2CCCC[C@@H]21. The van der Waals surface area contributed by atoms with Gasteiger partial charge in [-0.25, -0.2) is 9.59 Å². The number of carbonyl (C=O) groups is 2. The van der Waals surface area contributed by atoms with Gasteiger partial charge in [-0.2, -0.15) is 0 Å². The fourth-order valence-corrected chi connectivity index (χ4v) is 4.84. The van der Waals surface area contributed by atoms with Crippen LogP contribution in [0, 0.1) is 0 Å². The molecule has 2 heterocycles. The number of fused-ring (bicyclic) bond motifs is 1. The summed E-state index contributed by atoms with van der Waals surface area (Å²) in [6.07, 6.45) is 6.15. The summed E-state index contributed by atoms with van der Waals surface area (Å²) in [4.78, 5) is 31.5. The number of urea groups is 1. The van der Waals surface area contributed by atoms with Crippen molar-refractivity contribution in [2.24, 2.45) is 0 Å². The summed E-state index contributed by atoms with van der Waals surface area (Å²) in [6.45, 7) is 11.3. The fourth-order valence-electron chi connectivity index (χ4n) is 4.84. The summed E-state index contributed by atoms with van der Waals surface area (Å²) >= 11 is 0. The smallest absolute Gasteiger partial charge is 0.410 e. The minimum absolute atomic E-state index is 0.215. The first-order valence-corrected chi connectivity index (χ1v) is 10.3. The molecule has 3 rings (SSSR count). The molecule has 0 spiro atoms. The van der Waals surface area contributed by atoms with E-state index in [9.17, 15) is 9.59 Å². The highest BCUT2D eigenvalue weighted by atomic mass is 16.6. The normalized spacial score (nSPS) is 27.9. The fraction of sp³-hybridized carbons (Fsp3) is 0.900. The van der Waals surface area contributed by atoms with Crippen LogP contribution in [-0.4, -0.2) is 69.7 Å². The van der Waals surface area contributed by atoms with E-state index in [4.69, 9.17) is 4.74 Å². The lowest BCUT2D eigenvalue weighted by atomic mass is 9.88. The van der Waals surface area contributed by atoms with Crippen LogP contribution in [0.2, 0.25) is 0 Å². The molecule has 3 amide bonds. The molecule has 0 radical (unpaired) electrons. The lowest BCUT2D eigenvalue weighted by Crippen LogP contribution is -2.51. The molecular weight excluding hydrogens is 330 g/mol. The highest BCUT2D eigenvalue weighted by Gasteiger charge is 2.50. The third kappa shape index (κ3) is 3.79. The first kappa shape index (κ1) is 19.3. The Morgan fingerprint density at radius 3 is 2.15 bits per heavy atom. The van der Waals surface area contributed by atoms with E-state index in [1.165, 1.54) is 12.8 Å². The van der Waals surface area contributed by atoms with E-state index in [2.05, 4.69) is 23.6 Å². The Bertz CT molecular complexity index is 535. The van der Waals surface area contributed by atoms with Gasteiger partial charge in [0.05, 0.1) is 12.1 Å². The first-order chi connectivity index (χ1) is 12.2. The van der Waals surface area contributed by atoms with E-state index < -0.39 is 5.60 Å². The van der Waals surface area contributed by atoms with Gasteiger partial charge in [-0.3, -0.25) is 0 Å². The van der Waals surface area contributed by atoms with E-state index in [0.29, 0.717) is 25.2 Å². The topological polar surface area (TPSA) is 53.1 Å². The highest BCUT2D eigenvalue weighted by molar-refractivity contribution is 5.79. The molecule has 26 heavy (non-hydrogen) atoms. The second kappa shape index (κ2) is 7.28. The maximum atomic E-state index is 13.2. The summed E-state index contributed by atoms with van der Waals surface area (Å²) in [5, 5.41) is 0. The molecule has 3 fully saturated rings. The Hall–Kier alpha value is -1.46. The Morgan fingerprint density at radius 1 is 1.04 bits per heavy atom. The zero-order valence-corrected chi connectivity index (χ0v) is 17.0. The van der Waals surface area contributed by atoms with Gasteiger partial charge in [-0.05, 0) is 60.3 Å². The largest absolute Gasteiger partial charge is 0.444 e. The molecule has 2 saturated heterocycles. The van der Waals surface area contributed by atoms with Crippen molar-refractivity contribution < 1.29 is 14.3 Å². The van der Waals surface area contributed by atoms with Gasteiger partial charge in [0.2, 0.25) is 0 Å². The van der Waals surface area contributed by atoms with Crippen molar-refractivity contribution in [1.29, 1.82) is 0 Å². The molecule has 1 aliphatic carbocycles.